The van der Waals surface area contributed by atoms with Gasteiger partial charge in [0.05, 0.1) is 0 Å². The smallest absolute Gasteiger partial charge is 0.324 e. The standard InChI is InChI=1S/C27H32NO3P/c1-22(2)19-26(27(29)31-21-24-15-9-5-10-16-24)28(20-23-13-7-4-8-14-23)32(3,30)25-17-11-6-12-18-25/h4-18,22,26H,19-21H2,1-3H3/t26-,32-/m1/s1. The van der Waals surface area contributed by atoms with Gasteiger partial charge < -0.3 is 9.30 Å². The Morgan fingerprint density at radius 2 is 1.34 bits per heavy atom. The molecule has 0 unspecified atom stereocenters. The lowest BCUT2D eigenvalue weighted by Gasteiger charge is -2.36. The highest BCUT2D eigenvalue weighted by molar-refractivity contribution is 7.68. The summed E-state index contributed by atoms with van der Waals surface area (Å²) in [6.07, 6.45) is 0.561. The summed E-state index contributed by atoms with van der Waals surface area (Å²) < 4.78 is 21.8. The Labute approximate surface area is 191 Å². The van der Waals surface area contributed by atoms with E-state index in [1.54, 1.807) is 6.66 Å². The van der Waals surface area contributed by atoms with Crippen LogP contribution in [0.1, 0.15) is 31.4 Å². The maximum Gasteiger partial charge on any atom is 0.324 e. The number of nitrogens with zero attached hydrogens (tertiary/aromatic N) is 1. The van der Waals surface area contributed by atoms with E-state index in [-0.39, 0.29) is 18.5 Å². The molecule has 5 heteroatoms. The highest BCUT2D eigenvalue weighted by Gasteiger charge is 2.38. The quantitative estimate of drug-likeness (QED) is 0.286. The number of hydrogen-bond acceptors (Lipinski definition) is 3. The lowest BCUT2D eigenvalue weighted by atomic mass is 10.0. The molecule has 0 spiro atoms. The van der Waals surface area contributed by atoms with Gasteiger partial charge in [-0.1, -0.05) is 105 Å². The molecule has 0 aromatic heterocycles. The van der Waals surface area contributed by atoms with Crippen molar-refractivity contribution in [1.29, 1.82) is 0 Å². The summed E-state index contributed by atoms with van der Waals surface area (Å²) in [5, 5.41) is 0.737. The van der Waals surface area contributed by atoms with Gasteiger partial charge >= 0.3 is 5.97 Å². The van der Waals surface area contributed by atoms with Crippen molar-refractivity contribution in [3.8, 4) is 0 Å². The molecule has 0 saturated carbocycles. The van der Waals surface area contributed by atoms with Crippen LogP contribution in [0.25, 0.3) is 0 Å². The summed E-state index contributed by atoms with van der Waals surface area (Å²) >= 11 is 0. The monoisotopic (exact) mass is 449 g/mol. The van der Waals surface area contributed by atoms with Crippen LogP contribution < -0.4 is 5.30 Å². The van der Waals surface area contributed by atoms with Crippen molar-refractivity contribution in [2.45, 2.75) is 39.5 Å². The van der Waals surface area contributed by atoms with E-state index < -0.39 is 13.3 Å². The molecule has 4 nitrogen and oxygen atoms in total. The number of esters is 1. The van der Waals surface area contributed by atoms with Crippen LogP contribution in [-0.4, -0.2) is 23.3 Å². The molecule has 0 saturated heterocycles. The number of carbonyl (C=O) groups excluding carboxylic acids is 1. The minimum absolute atomic E-state index is 0.201. The van der Waals surface area contributed by atoms with Crippen LogP contribution in [0.3, 0.4) is 0 Å². The SMILES string of the molecule is CC(C)C[C@H](C(=O)OCc1ccccc1)N(Cc1ccccc1)[P@](C)(=O)c1ccccc1. The van der Waals surface area contributed by atoms with Gasteiger partial charge in [-0.2, -0.15) is 0 Å². The fourth-order valence-corrected chi connectivity index (χ4v) is 5.92. The molecule has 0 bridgehead atoms. The zero-order chi connectivity index (χ0) is 23.0. The molecule has 0 N–H and O–H groups in total. The van der Waals surface area contributed by atoms with Gasteiger partial charge in [-0.25, -0.2) is 4.67 Å². The zero-order valence-corrected chi connectivity index (χ0v) is 19.9. The molecule has 3 aromatic rings. The van der Waals surface area contributed by atoms with Crippen molar-refractivity contribution < 1.29 is 14.1 Å². The Balaban J connectivity index is 1.94. The number of hydrogen-bond donors (Lipinski definition) is 0. The minimum Gasteiger partial charge on any atom is -0.460 e. The summed E-state index contributed by atoms with van der Waals surface area (Å²) in [6.45, 7) is 6.50. The molecule has 32 heavy (non-hydrogen) atoms. The second kappa shape index (κ2) is 11.3. The first-order chi connectivity index (χ1) is 15.4. The Kier molecular flexibility index (Phi) is 8.44. The van der Waals surface area contributed by atoms with E-state index in [9.17, 15) is 9.36 Å². The normalized spacial score (nSPS) is 14.2. The van der Waals surface area contributed by atoms with Gasteiger partial charge in [0.2, 0.25) is 0 Å². The zero-order valence-electron chi connectivity index (χ0n) is 19.1. The summed E-state index contributed by atoms with van der Waals surface area (Å²) in [5.41, 5.74) is 1.94. The van der Waals surface area contributed by atoms with Crippen LogP contribution in [-0.2, 0) is 27.2 Å². The number of benzene rings is 3. The average molecular weight is 450 g/mol. The molecule has 0 aliphatic rings. The van der Waals surface area contributed by atoms with Crippen molar-refractivity contribution in [2.75, 3.05) is 6.66 Å². The lowest BCUT2D eigenvalue weighted by molar-refractivity contribution is -0.150. The van der Waals surface area contributed by atoms with E-state index in [4.69, 9.17) is 4.74 Å². The third-order valence-electron chi connectivity index (χ3n) is 5.46. The second-order valence-electron chi connectivity index (χ2n) is 8.54. The van der Waals surface area contributed by atoms with Crippen molar-refractivity contribution in [1.82, 2.24) is 4.67 Å². The molecular formula is C27H32NO3P. The van der Waals surface area contributed by atoms with E-state index in [0.717, 1.165) is 16.4 Å². The molecule has 0 aliphatic heterocycles. The van der Waals surface area contributed by atoms with Gasteiger partial charge in [0.25, 0.3) is 0 Å². The van der Waals surface area contributed by atoms with E-state index in [1.807, 2.05) is 95.7 Å². The topological polar surface area (TPSA) is 46.6 Å². The maximum atomic E-state index is 14.2. The van der Waals surface area contributed by atoms with Gasteiger partial charge in [0.15, 0.2) is 7.29 Å². The third-order valence-corrected chi connectivity index (χ3v) is 8.12. The first-order valence-electron chi connectivity index (χ1n) is 11.0. The average Bonchev–Trinajstić information content (AvgIpc) is 2.81. The van der Waals surface area contributed by atoms with Crippen molar-refractivity contribution in [3.63, 3.8) is 0 Å². The summed E-state index contributed by atoms with van der Waals surface area (Å²) in [6, 6.07) is 28.3. The molecule has 2 atom stereocenters. The lowest BCUT2D eigenvalue weighted by Crippen LogP contribution is -2.42. The molecule has 0 amide bonds. The predicted molar refractivity (Wildman–Crippen MR) is 131 cm³/mol. The number of carbonyl (C=O) groups is 1. The molecule has 3 rings (SSSR count). The van der Waals surface area contributed by atoms with E-state index in [0.29, 0.717) is 13.0 Å². The van der Waals surface area contributed by atoms with E-state index >= 15 is 0 Å². The molecule has 3 aromatic carbocycles. The van der Waals surface area contributed by atoms with Gasteiger partial charge in [-0.3, -0.25) is 4.79 Å². The van der Waals surface area contributed by atoms with Gasteiger partial charge in [0.1, 0.15) is 12.6 Å². The Hall–Kier alpha value is -2.68. The van der Waals surface area contributed by atoms with Gasteiger partial charge in [-0.05, 0) is 23.5 Å². The Bertz CT molecular complexity index is 1020. The van der Waals surface area contributed by atoms with Crippen molar-refractivity contribution >= 4 is 18.6 Å². The first kappa shape index (κ1) is 24.0. The fourth-order valence-electron chi connectivity index (χ4n) is 3.75. The maximum absolute atomic E-state index is 14.2. The summed E-state index contributed by atoms with van der Waals surface area (Å²) in [4.78, 5) is 13.4. The minimum atomic E-state index is -3.05. The molecule has 0 heterocycles. The van der Waals surface area contributed by atoms with Crippen LogP contribution in [0.2, 0.25) is 0 Å². The highest BCUT2D eigenvalue weighted by atomic mass is 31.2. The summed E-state index contributed by atoms with van der Waals surface area (Å²) in [5.74, 6) is -0.102. The van der Waals surface area contributed by atoms with Gasteiger partial charge in [-0.15, -0.1) is 0 Å². The van der Waals surface area contributed by atoms with Crippen LogP contribution in [0.4, 0.5) is 0 Å². The molecular weight excluding hydrogens is 417 g/mol. The van der Waals surface area contributed by atoms with Crippen LogP contribution >= 0.6 is 7.29 Å². The number of ether oxygens (including phenoxy) is 1. The molecule has 168 valence electrons. The Morgan fingerprint density at radius 1 is 0.844 bits per heavy atom. The summed E-state index contributed by atoms with van der Waals surface area (Å²) in [7, 11) is -3.05. The largest absolute Gasteiger partial charge is 0.460 e. The fraction of sp³-hybridized carbons (Fsp3) is 0.296. The molecule has 0 radical (unpaired) electrons. The Morgan fingerprint density at radius 3 is 1.88 bits per heavy atom. The predicted octanol–water partition coefficient (Wildman–Crippen LogP) is 5.88. The highest BCUT2D eigenvalue weighted by Crippen LogP contribution is 2.48. The van der Waals surface area contributed by atoms with Crippen LogP contribution in [0.5, 0.6) is 0 Å². The van der Waals surface area contributed by atoms with Crippen LogP contribution in [0, 0.1) is 5.92 Å². The number of rotatable bonds is 10. The van der Waals surface area contributed by atoms with Crippen molar-refractivity contribution in [2.24, 2.45) is 5.92 Å². The van der Waals surface area contributed by atoms with E-state index in [2.05, 4.69) is 13.8 Å². The van der Waals surface area contributed by atoms with Crippen LogP contribution in [0.15, 0.2) is 91.0 Å². The van der Waals surface area contributed by atoms with Crippen molar-refractivity contribution in [3.05, 3.63) is 102 Å². The second-order valence-corrected chi connectivity index (χ2v) is 11.3. The van der Waals surface area contributed by atoms with Gasteiger partial charge in [0, 0.05) is 18.5 Å². The molecule has 0 aliphatic carbocycles. The first-order valence-corrected chi connectivity index (χ1v) is 13.1. The van der Waals surface area contributed by atoms with E-state index in [1.165, 1.54) is 0 Å². The third kappa shape index (κ3) is 6.41. The molecule has 0 fully saturated rings.